The fourth-order valence-corrected chi connectivity index (χ4v) is 2.44. The van der Waals surface area contributed by atoms with E-state index in [9.17, 15) is 27.9 Å². The van der Waals surface area contributed by atoms with Gasteiger partial charge in [0.05, 0.1) is 0 Å². The number of carbonyl (C=O) groups is 2. The average molecular weight is 363 g/mol. The Morgan fingerprint density at radius 3 is 2.04 bits per heavy atom. The lowest BCUT2D eigenvalue weighted by Crippen LogP contribution is -2.34. The molecule has 9 heteroatoms. The number of nitrogens with zero attached hydrogens (tertiary/aromatic N) is 2. The van der Waals surface area contributed by atoms with Crippen molar-refractivity contribution in [1.29, 1.82) is 0 Å². The van der Waals surface area contributed by atoms with Crippen molar-refractivity contribution in [3.8, 4) is 0 Å². The number of aliphatic carboxylic acids is 1. The van der Waals surface area contributed by atoms with Gasteiger partial charge in [0, 0.05) is 11.1 Å². The lowest BCUT2D eigenvalue weighted by molar-refractivity contribution is -0.166. The number of carbonyl (C=O) groups excluding carboxylic acids is 1. The predicted octanol–water partition coefficient (Wildman–Crippen LogP) is 3.42. The quantitative estimate of drug-likeness (QED) is 0.853. The van der Waals surface area contributed by atoms with Crippen LogP contribution in [0.15, 0.2) is 64.8 Å². The van der Waals surface area contributed by atoms with Gasteiger partial charge in [-0.25, -0.2) is 4.79 Å². The van der Waals surface area contributed by atoms with Crippen molar-refractivity contribution in [3.63, 3.8) is 0 Å². The topological polar surface area (TPSA) is 91.1 Å². The van der Waals surface area contributed by atoms with Gasteiger partial charge < -0.3 is 10.4 Å². The van der Waals surface area contributed by atoms with Crippen LogP contribution >= 0.6 is 0 Å². The molecule has 1 aliphatic heterocycles. The maximum absolute atomic E-state index is 13.0. The van der Waals surface area contributed by atoms with Gasteiger partial charge in [-0.15, -0.1) is 10.2 Å². The molecule has 1 heterocycles. The average Bonchev–Trinajstić information content (AvgIpc) is 3.42. The van der Waals surface area contributed by atoms with Crippen LogP contribution in [0.3, 0.4) is 0 Å². The van der Waals surface area contributed by atoms with Crippen LogP contribution in [0.1, 0.15) is 27.5 Å². The maximum Gasteiger partial charge on any atom is 0.442 e. The Kier molecular flexibility index (Phi) is 4.23. The van der Waals surface area contributed by atoms with Crippen LogP contribution < -0.4 is 5.32 Å². The Balaban J connectivity index is 1.77. The molecule has 26 heavy (non-hydrogen) atoms. The van der Waals surface area contributed by atoms with Crippen LogP contribution in [0.25, 0.3) is 0 Å². The molecule has 1 aliphatic rings. The summed E-state index contributed by atoms with van der Waals surface area (Å²) in [6.45, 7) is 0. The minimum atomic E-state index is -4.65. The molecule has 3 rings (SSSR count). The van der Waals surface area contributed by atoms with Crippen molar-refractivity contribution in [3.05, 3.63) is 71.3 Å². The van der Waals surface area contributed by atoms with Crippen molar-refractivity contribution < 1.29 is 27.9 Å². The molecule has 0 saturated heterocycles. The number of carboxylic acid groups (broad SMARTS) is 1. The highest BCUT2D eigenvalue weighted by Gasteiger charge is 2.65. The summed E-state index contributed by atoms with van der Waals surface area (Å²) in [5.74, 6) is -1.98. The number of halogens is 3. The minimum absolute atomic E-state index is 0.0221. The summed E-state index contributed by atoms with van der Waals surface area (Å²) in [7, 11) is 0. The number of amides is 1. The van der Waals surface area contributed by atoms with Gasteiger partial charge in [-0.1, -0.05) is 42.5 Å². The molecule has 0 aliphatic carbocycles. The number of nitrogens with one attached hydrogen (secondary N) is 1. The fraction of sp³-hybridized carbons (Fsp3) is 0.176. The summed E-state index contributed by atoms with van der Waals surface area (Å²) in [5, 5.41) is 17.8. The summed E-state index contributed by atoms with van der Waals surface area (Å²) in [4.78, 5) is 23.7. The molecule has 0 fully saturated rings. The first kappa shape index (κ1) is 17.6. The van der Waals surface area contributed by atoms with E-state index in [-0.39, 0.29) is 11.1 Å². The highest BCUT2D eigenvalue weighted by Crippen LogP contribution is 2.52. The van der Waals surface area contributed by atoms with E-state index >= 15 is 0 Å². The van der Waals surface area contributed by atoms with E-state index < -0.39 is 29.8 Å². The molecule has 2 aromatic rings. The van der Waals surface area contributed by atoms with Crippen molar-refractivity contribution in [1.82, 2.24) is 5.32 Å². The second-order valence-electron chi connectivity index (χ2n) is 5.60. The van der Waals surface area contributed by atoms with E-state index in [0.29, 0.717) is 5.56 Å². The van der Waals surface area contributed by atoms with Crippen molar-refractivity contribution in [2.75, 3.05) is 0 Å². The maximum atomic E-state index is 13.0. The number of carboxylic acids is 1. The second-order valence-corrected chi connectivity index (χ2v) is 5.60. The molecule has 1 amide bonds. The van der Waals surface area contributed by atoms with Gasteiger partial charge in [0.15, 0.2) is 6.04 Å². The summed E-state index contributed by atoms with van der Waals surface area (Å²) in [5.41, 5.74) is -2.37. The third kappa shape index (κ3) is 3.15. The van der Waals surface area contributed by atoms with Gasteiger partial charge >= 0.3 is 17.8 Å². The molecule has 0 spiro atoms. The van der Waals surface area contributed by atoms with Gasteiger partial charge in [0.25, 0.3) is 5.91 Å². The molecule has 134 valence electrons. The molecule has 0 aromatic heterocycles. The Morgan fingerprint density at radius 1 is 1.00 bits per heavy atom. The lowest BCUT2D eigenvalue weighted by Gasteiger charge is -2.16. The van der Waals surface area contributed by atoms with Crippen LogP contribution in [0.4, 0.5) is 13.2 Å². The van der Waals surface area contributed by atoms with Crippen LogP contribution in [-0.4, -0.2) is 23.2 Å². The molecule has 2 N–H and O–H groups in total. The summed E-state index contributed by atoms with van der Waals surface area (Å²) in [6.07, 6.45) is -4.65. The first-order chi connectivity index (χ1) is 12.2. The number of alkyl halides is 3. The molecule has 2 aromatic carbocycles. The van der Waals surface area contributed by atoms with Crippen molar-refractivity contribution >= 4 is 11.9 Å². The molecular weight excluding hydrogens is 351 g/mol. The highest BCUT2D eigenvalue weighted by molar-refractivity contribution is 5.96. The first-order valence-corrected chi connectivity index (χ1v) is 7.44. The van der Waals surface area contributed by atoms with E-state index in [2.05, 4.69) is 15.5 Å². The standard InChI is InChI=1S/C17H12F3N3O3/c18-17(19,20)16(22-23-16)12-8-6-11(7-9-12)14(24)21-13(15(25)26)10-4-2-1-3-5-10/h1-9,13H,(H,21,24)(H,25,26)/t13-/m0/s1. The first-order valence-electron chi connectivity index (χ1n) is 7.44. The number of rotatable bonds is 5. The van der Waals surface area contributed by atoms with Gasteiger partial charge in [0.2, 0.25) is 0 Å². The Morgan fingerprint density at radius 2 is 1.58 bits per heavy atom. The molecule has 1 atom stereocenters. The smallest absolute Gasteiger partial charge is 0.442 e. The van der Waals surface area contributed by atoms with Gasteiger partial charge in [-0.2, -0.15) is 13.2 Å². The molecule has 0 bridgehead atoms. The van der Waals surface area contributed by atoms with Gasteiger partial charge in [-0.05, 0) is 17.7 Å². The van der Waals surface area contributed by atoms with Crippen LogP contribution in [0, 0.1) is 0 Å². The molecule has 0 saturated carbocycles. The zero-order valence-corrected chi connectivity index (χ0v) is 13.1. The fourth-order valence-electron chi connectivity index (χ4n) is 2.44. The summed E-state index contributed by atoms with van der Waals surface area (Å²) < 4.78 is 38.9. The molecule has 0 unspecified atom stereocenters. The molecule has 6 nitrogen and oxygen atoms in total. The van der Waals surface area contributed by atoms with E-state index in [1.807, 2.05) is 0 Å². The third-order valence-electron chi connectivity index (χ3n) is 3.90. The SMILES string of the molecule is O=C(N[C@H](C(=O)O)c1ccccc1)c1ccc(C2(C(F)(F)F)N=N2)cc1. The third-order valence-corrected chi connectivity index (χ3v) is 3.90. The van der Waals surface area contributed by atoms with Crippen LogP contribution in [-0.2, 0) is 10.5 Å². The van der Waals surface area contributed by atoms with E-state index in [4.69, 9.17) is 0 Å². The zero-order valence-electron chi connectivity index (χ0n) is 13.1. The number of hydrogen-bond donors (Lipinski definition) is 2. The normalized spacial score (nSPS) is 16.0. The molecular formula is C17H12F3N3O3. The van der Waals surface area contributed by atoms with Crippen LogP contribution in [0.5, 0.6) is 0 Å². The lowest BCUT2D eigenvalue weighted by atomic mass is 10.0. The van der Waals surface area contributed by atoms with Gasteiger partial charge in [0.1, 0.15) is 0 Å². The Hall–Kier alpha value is -3.23. The Bertz CT molecular complexity index is 858. The summed E-state index contributed by atoms with van der Waals surface area (Å²) >= 11 is 0. The second kappa shape index (κ2) is 6.25. The predicted molar refractivity (Wildman–Crippen MR) is 83.3 cm³/mol. The van der Waals surface area contributed by atoms with Gasteiger partial charge in [-0.3, -0.25) is 4.79 Å². The van der Waals surface area contributed by atoms with Crippen molar-refractivity contribution in [2.24, 2.45) is 10.2 Å². The van der Waals surface area contributed by atoms with Crippen molar-refractivity contribution in [2.45, 2.75) is 17.9 Å². The van der Waals surface area contributed by atoms with E-state index in [1.54, 1.807) is 30.3 Å². The Labute approximate surface area is 145 Å². The minimum Gasteiger partial charge on any atom is -0.479 e. The summed E-state index contributed by atoms with van der Waals surface area (Å²) in [6, 6.07) is 11.3. The monoisotopic (exact) mass is 363 g/mol. The number of benzene rings is 2. The molecule has 0 radical (unpaired) electrons. The van der Waals surface area contributed by atoms with E-state index in [1.165, 1.54) is 12.1 Å². The highest BCUT2D eigenvalue weighted by atomic mass is 19.4. The largest absolute Gasteiger partial charge is 0.479 e. The number of hydrogen-bond acceptors (Lipinski definition) is 4. The van der Waals surface area contributed by atoms with Crippen LogP contribution in [0.2, 0.25) is 0 Å². The zero-order chi connectivity index (χ0) is 18.9. The van der Waals surface area contributed by atoms with E-state index in [0.717, 1.165) is 12.1 Å².